The Labute approximate surface area is 110 Å². The first-order chi connectivity index (χ1) is 8.64. The molecule has 18 heavy (non-hydrogen) atoms. The van der Waals surface area contributed by atoms with Crippen LogP contribution < -0.4 is 11.1 Å². The molecule has 1 saturated carbocycles. The van der Waals surface area contributed by atoms with Gasteiger partial charge >= 0.3 is 0 Å². The Kier molecular flexibility index (Phi) is 4.62. The van der Waals surface area contributed by atoms with Crippen LogP contribution in [0.3, 0.4) is 0 Å². The molecule has 0 aromatic heterocycles. The van der Waals surface area contributed by atoms with Crippen molar-refractivity contribution < 1.29 is 9.53 Å². The van der Waals surface area contributed by atoms with Gasteiger partial charge in [0, 0.05) is 13.2 Å². The zero-order chi connectivity index (χ0) is 13.0. The molecular weight excluding hydrogens is 228 g/mol. The lowest BCUT2D eigenvalue weighted by molar-refractivity contribution is -0.126. The summed E-state index contributed by atoms with van der Waals surface area (Å²) in [6, 6.07) is 0. The summed E-state index contributed by atoms with van der Waals surface area (Å²) in [5, 5.41) is 3.02. The predicted octanol–water partition coefficient (Wildman–Crippen LogP) is 1.44. The molecule has 0 bridgehead atoms. The van der Waals surface area contributed by atoms with Crippen molar-refractivity contribution in [1.82, 2.24) is 5.32 Å². The van der Waals surface area contributed by atoms with E-state index in [9.17, 15) is 4.79 Å². The van der Waals surface area contributed by atoms with Gasteiger partial charge in [0.15, 0.2) is 0 Å². The Balaban J connectivity index is 1.70. The minimum atomic E-state index is -0.777. The first kappa shape index (κ1) is 13.8. The maximum atomic E-state index is 12.0. The summed E-state index contributed by atoms with van der Waals surface area (Å²) in [4.78, 5) is 12.0. The minimum Gasteiger partial charge on any atom is -0.379 e. The molecule has 2 aliphatic rings. The molecule has 0 aromatic rings. The summed E-state index contributed by atoms with van der Waals surface area (Å²) in [5.41, 5.74) is 5.25. The monoisotopic (exact) mass is 254 g/mol. The molecule has 1 atom stereocenters. The van der Waals surface area contributed by atoms with Crippen LogP contribution in [0.1, 0.15) is 45.4 Å². The van der Waals surface area contributed by atoms with Crippen LogP contribution in [-0.2, 0) is 9.53 Å². The summed E-state index contributed by atoms with van der Waals surface area (Å²) in [6.45, 7) is 4.02. The maximum absolute atomic E-state index is 12.0. The van der Waals surface area contributed by atoms with Gasteiger partial charge in [-0.1, -0.05) is 26.2 Å². The van der Waals surface area contributed by atoms with Crippen LogP contribution in [0.25, 0.3) is 0 Å². The molecule has 1 unspecified atom stereocenters. The average molecular weight is 254 g/mol. The van der Waals surface area contributed by atoms with E-state index < -0.39 is 5.54 Å². The van der Waals surface area contributed by atoms with Gasteiger partial charge in [0.25, 0.3) is 0 Å². The van der Waals surface area contributed by atoms with Gasteiger partial charge < -0.3 is 15.8 Å². The number of ether oxygens (including phenoxy) is 1. The highest BCUT2D eigenvalue weighted by Gasteiger charge is 2.38. The van der Waals surface area contributed by atoms with Crippen molar-refractivity contribution in [3.05, 3.63) is 0 Å². The van der Waals surface area contributed by atoms with Crippen LogP contribution in [0.2, 0.25) is 0 Å². The van der Waals surface area contributed by atoms with E-state index in [1.807, 2.05) is 0 Å². The summed E-state index contributed by atoms with van der Waals surface area (Å²) in [7, 11) is 0. The molecule has 1 saturated heterocycles. The number of amides is 1. The standard InChI is InChI=1S/C14H26N2O2/c1-2-11-3-5-12(6-4-11)9-16-13(17)14(15)7-8-18-10-14/h11-12H,2-10,15H2,1H3,(H,16,17). The molecule has 1 amide bonds. The topological polar surface area (TPSA) is 64.4 Å². The van der Waals surface area contributed by atoms with Crippen molar-refractivity contribution >= 4 is 5.91 Å². The highest BCUT2D eigenvalue weighted by atomic mass is 16.5. The minimum absolute atomic E-state index is 0.0300. The van der Waals surface area contributed by atoms with E-state index >= 15 is 0 Å². The van der Waals surface area contributed by atoms with Crippen LogP contribution in [-0.4, -0.2) is 31.2 Å². The molecule has 0 radical (unpaired) electrons. The smallest absolute Gasteiger partial charge is 0.242 e. The highest BCUT2D eigenvalue weighted by molar-refractivity contribution is 5.86. The van der Waals surface area contributed by atoms with Crippen molar-refractivity contribution in [3.63, 3.8) is 0 Å². The predicted molar refractivity (Wildman–Crippen MR) is 71.1 cm³/mol. The zero-order valence-electron chi connectivity index (χ0n) is 11.4. The average Bonchev–Trinajstić information content (AvgIpc) is 2.85. The van der Waals surface area contributed by atoms with E-state index in [0.717, 1.165) is 12.5 Å². The van der Waals surface area contributed by atoms with E-state index in [-0.39, 0.29) is 5.91 Å². The van der Waals surface area contributed by atoms with Gasteiger partial charge in [0.1, 0.15) is 5.54 Å². The van der Waals surface area contributed by atoms with Crippen molar-refractivity contribution in [2.75, 3.05) is 19.8 Å². The normalized spacial score (nSPS) is 36.6. The SMILES string of the molecule is CCC1CCC(CNC(=O)C2(N)CCOC2)CC1. The number of nitrogens with one attached hydrogen (secondary N) is 1. The molecule has 2 rings (SSSR count). The molecule has 2 fully saturated rings. The fourth-order valence-corrected chi connectivity index (χ4v) is 3.02. The largest absolute Gasteiger partial charge is 0.379 e. The number of rotatable bonds is 4. The van der Waals surface area contributed by atoms with Gasteiger partial charge in [-0.15, -0.1) is 0 Å². The van der Waals surface area contributed by atoms with Crippen molar-refractivity contribution in [2.24, 2.45) is 17.6 Å². The van der Waals surface area contributed by atoms with Crippen LogP contribution >= 0.6 is 0 Å². The molecule has 0 spiro atoms. The summed E-state index contributed by atoms with van der Waals surface area (Å²) < 4.78 is 5.22. The number of hydrogen-bond donors (Lipinski definition) is 2. The fourth-order valence-electron chi connectivity index (χ4n) is 3.02. The Morgan fingerprint density at radius 3 is 2.56 bits per heavy atom. The van der Waals surface area contributed by atoms with Crippen LogP contribution in [0.15, 0.2) is 0 Å². The summed E-state index contributed by atoms with van der Waals surface area (Å²) in [6.07, 6.45) is 7.05. The van der Waals surface area contributed by atoms with Gasteiger partial charge in [-0.05, 0) is 31.1 Å². The lowest BCUT2D eigenvalue weighted by atomic mass is 9.81. The van der Waals surface area contributed by atoms with Crippen LogP contribution in [0.4, 0.5) is 0 Å². The van der Waals surface area contributed by atoms with Gasteiger partial charge in [-0.3, -0.25) is 4.79 Å². The molecule has 1 aliphatic carbocycles. The van der Waals surface area contributed by atoms with E-state index in [1.165, 1.54) is 32.1 Å². The number of hydrogen-bond acceptors (Lipinski definition) is 3. The summed E-state index contributed by atoms with van der Waals surface area (Å²) in [5.74, 6) is 1.52. The molecule has 104 valence electrons. The lowest BCUT2D eigenvalue weighted by Gasteiger charge is -2.29. The van der Waals surface area contributed by atoms with Gasteiger partial charge in [-0.25, -0.2) is 0 Å². The lowest BCUT2D eigenvalue weighted by Crippen LogP contribution is -2.55. The van der Waals surface area contributed by atoms with Gasteiger partial charge in [-0.2, -0.15) is 0 Å². The van der Waals surface area contributed by atoms with E-state index in [2.05, 4.69) is 12.2 Å². The van der Waals surface area contributed by atoms with Gasteiger partial charge in [0.05, 0.1) is 6.61 Å². The second kappa shape index (κ2) is 6.02. The van der Waals surface area contributed by atoms with Crippen LogP contribution in [0.5, 0.6) is 0 Å². The number of carbonyl (C=O) groups is 1. The Hall–Kier alpha value is -0.610. The van der Waals surface area contributed by atoms with E-state index in [0.29, 0.717) is 25.6 Å². The van der Waals surface area contributed by atoms with Crippen molar-refractivity contribution in [3.8, 4) is 0 Å². The Bertz CT molecular complexity index is 280. The second-order valence-electron chi connectivity index (χ2n) is 5.96. The second-order valence-corrected chi connectivity index (χ2v) is 5.96. The quantitative estimate of drug-likeness (QED) is 0.798. The fraction of sp³-hybridized carbons (Fsp3) is 0.929. The van der Waals surface area contributed by atoms with Crippen molar-refractivity contribution in [2.45, 2.75) is 51.0 Å². The van der Waals surface area contributed by atoms with Gasteiger partial charge in [0.2, 0.25) is 5.91 Å². The number of carbonyl (C=O) groups excluding carboxylic acids is 1. The highest BCUT2D eigenvalue weighted by Crippen LogP contribution is 2.30. The third-order valence-electron chi connectivity index (χ3n) is 4.60. The van der Waals surface area contributed by atoms with Crippen LogP contribution in [0, 0.1) is 11.8 Å². The Morgan fingerprint density at radius 2 is 2.00 bits per heavy atom. The first-order valence-corrected chi connectivity index (χ1v) is 7.29. The molecule has 4 nitrogen and oxygen atoms in total. The maximum Gasteiger partial charge on any atom is 0.242 e. The Morgan fingerprint density at radius 1 is 1.33 bits per heavy atom. The third kappa shape index (κ3) is 3.23. The molecule has 1 aliphatic heterocycles. The van der Waals surface area contributed by atoms with E-state index in [4.69, 9.17) is 10.5 Å². The zero-order valence-corrected chi connectivity index (χ0v) is 11.4. The van der Waals surface area contributed by atoms with Crippen molar-refractivity contribution in [1.29, 1.82) is 0 Å². The first-order valence-electron chi connectivity index (χ1n) is 7.29. The third-order valence-corrected chi connectivity index (χ3v) is 4.60. The van der Waals surface area contributed by atoms with E-state index in [1.54, 1.807) is 0 Å². The molecule has 4 heteroatoms. The molecule has 0 aromatic carbocycles. The number of nitrogens with two attached hydrogens (primary N) is 1. The molecule has 3 N–H and O–H groups in total. The summed E-state index contributed by atoms with van der Waals surface area (Å²) >= 11 is 0. The molecule has 1 heterocycles. The molecular formula is C14H26N2O2.